The first kappa shape index (κ1) is 18.0. The second kappa shape index (κ2) is 7.60. The van der Waals surface area contributed by atoms with Crippen LogP contribution in [0.4, 0.5) is 18.9 Å². The Hall–Kier alpha value is -2.82. The van der Waals surface area contributed by atoms with Crippen LogP contribution in [0.1, 0.15) is 24.2 Å². The smallest absolute Gasteiger partial charge is 0.433 e. The molecule has 0 radical (unpaired) electrons. The minimum atomic E-state index is -4.48. The van der Waals surface area contributed by atoms with Crippen molar-refractivity contribution in [3.63, 3.8) is 0 Å². The minimum Gasteiger partial charge on any atom is -0.477 e. The third-order valence-corrected chi connectivity index (χ3v) is 4.33. The second-order valence-corrected chi connectivity index (χ2v) is 6.08. The number of piperidine rings is 1. The van der Waals surface area contributed by atoms with Gasteiger partial charge in [0, 0.05) is 25.4 Å². The van der Waals surface area contributed by atoms with Gasteiger partial charge in [0.15, 0.2) is 5.69 Å². The lowest BCUT2D eigenvalue weighted by atomic mass is 9.97. The lowest BCUT2D eigenvalue weighted by Crippen LogP contribution is -2.36. The SMILES string of the molecule is N#Cc1ncccc1N1CCC(COc2cccc(C(F)(F)F)n2)CC1. The van der Waals surface area contributed by atoms with Gasteiger partial charge in [0.05, 0.1) is 12.3 Å². The maximum Gasteiger partial charge on any atom is 0.433 e. The zero-order valence-electron chi connectivity index (χ0n) is 13.9. The van der Waals surface area contributed by atoms with Crippen LogP contribution in [-0.2, 0) is 6.18 Å². The number of rotatable bonds is 4. The maximum absolute atomic E-state index is 12.7. The lowest BCUT2D eigenvalue weighted by molar-refractivity contribution is -0.141. The Morgan fingerprint density at radius 2 is 1.96 bits per heavy atom. The fraction of sp³-hybridized carbons (Fsp3) is 0.389. The number of hydrogen-bond donors (Lipinski definition) is 0. The third-order valence-electron chi connectivity index (χ3n) is 4.33. The summed E-state index contributed by atoms with van der Waals surface area (Å²) in [6.45, 7) is 1.80. The summed E-state index contributed by atoms with van der Waals surface area (Å²) in [5.74, 6) is 0.214. The van der Waals surface area contributed by atoms with E-state index < -0.39 is 11.9 Å². The number of aromatic nitrogens is 2. The molecule has 5 nitrogen and oxygen atoms in total. The summed E-state index contributed by atoms with van der Waals surface area (Å²) >= 11 is 0. The third kappa shape index (κ3) is 4.23. The van der Waals surface area contributed by atoms with Gasteiger partial charge in [0.2, 0.25) is 5.88 Å². The number of anilines is 1. The molecule has 1 aliphatic heterocycles. The van der Waals surface area contributed by atoms with E-state index in [1.807, 2.05) is 6.07 Å². The molecular formula is C18H17F3N4O. The van der Waals surface area contributed by atoms with Gasteiger partial charge in [-0.3, -0.25) is 0 Å². The number of hydrogen-bond acceptors (Lipinski definition) is 5. The van der Waals surface area contributed by atoms with E-state index in [4.69, 9.17) is 10.00 Å². The van der Waals surface area contributed by atoms with Crippen LogP contribution in [0, 0.1) is 17.2 Å². The summed E-state index contributed by atoms with van der Waals surface area (Å²) in [5, 5.41) is 9.14. The number of pyridine rings is 2. The van der Waals surface area contributed by atoms with Gasteiger partial charge < -0.3 is 9.64 Å². The zero-order valence-corrected chi connectivity index (χ0v) is 13.9. The molecule has 0 bridgehead atoms. The van der Waals surface area contributed by atoms with Crippen molar-refractivity contribution in [2.45, 2.75) is 19.0 Å². The van der Waals surface area contributed by atoms with Crippen molar-refractivity contribution in [3.05, 3.63) is 47.9 Å². The molecule has 26 heavy (non-hydrogen) atoms. The van der Waals surface area contributed by atoms with E-state index in [2.05, 4.69) is 20.9 Å². The van der Waals surface area contributed by atoms with E-state index in [9.17, 15) is 13.2 Å². The first-order valence-electron chi connectivity index (χ1n) is 8.24. The number of alkyl halides is 3. The second-order valence-electron chi connectivity index (χ2n) is 6.08. The minimum absolute atomic E-state index is 0.0127. The van der Waals surface area contributed by atoms with Crippen LogP contribution in [0.25, 0.3) is 0 Å². The van der Waals surface area contributed by atoms with Crippen LogP contribution in [0.3, 0.4) is 0 Å². The van der Waals surface area contributed by atoms with Crippen molar-refractivity contribution >= 4 is 5.69 Å². The Morgan fingerprint density at radius 3 is 2.65 bits per heavy atom. The Kier molecular flexibility index (Phi) is 5.26. The molecule has 0 aromatic carbocycles. The van der Waals surface area contributed by atoms with E-state index in [-0.39, 0.29) is 11.8 Å². The zero-order chi connectivity index (χ0) is 18.6. The fourth-order valence-corrected chi connectivity index (χ4v) is 2.93. The van der Waals surface area contributed by atoms with E-state index >= 15 is 0 Å². The van der Waals surface area contributed by atoms with Crippen molar-refractivity contribution in [2.24, 2.45) is 5.92 Å². The first-order chi connectivity index (χ1) is 12.5. The molecule has 3 heterocycles. The maximum atomic E-state index is 12.7. The molecule has 1 fully saturated rings. The molecule has 0 unspecified atom stereocenters. The van der Waals surface area contributed by atoms with Gasteiger partial charge in [-0.05, 0) is 37.0 Å². The molecule has 0 saturated carbocycles. The van der Waals surface area contributed by atoms with E-state index in [1.165, 1.54) is 12.1 Å². The number of nitrogens with zero attached hydrogens (tertiary/aromatic N) is 4. The molecular weight excluding hydrogens is 345 g/mol. The normalized spacial score (nSPS) is 15.5. The highest BCUT2D eigenvalue weighted by atomic mass is 19.4. The largest absolute Gasteiger partial charge is 0.477 e. The fourth-order valence-electron chi connectivity index (χ4n) is 2.93. The molecule has 1 aliphatic rings. The number of nitriles is 1. The molecule has 8 heteroatoms. The molecule has 0 atom stereocenters. The molecule has 0 spiro atoms. The lowest BCUT2D eigenvalue weighted by Gasteiger charge is -2.33. The van der Waals surface area contributed by atoms with Crippen molar-refractivity contribution in [1.29, 1.82) is 5.26 Å². The van der Waals surface area contributed by atoms with Crippen LogP contribution in [0.15, 0.2) is 36.5 Å². The summed E-state index contributed by atoms with van der Waals surface area (Å²) < 4.78 is 43.5. The predicted octanol–water partition coefficient (Wildman–Crippen LogP) is 3.66. The average molecular weight is 362 g/mol. The molecule has 3 rings (SSSR count). The summed E-state index contributed by atoms with van der Waals surface area (Å²) in [7, 11) is 0. The average Bonchev–Trinajstić information content (AvgIpc) is 2.66. The van der Waals surface area contributed by atoms with Gasteiger partial charge in [-0.15, -0.1) is 0 Å². The first-order valence-corrected chi connectivity index (χ1v) is 8.24. The van der Waals surface area contributed by atoms with Crippen molar-refractivity contribution in [2.75, 3.05) is 24.6 Å². The van der Waals surface area contributed by atoms with Gasteiger partial charge >= 0.3 is 6.18 Å². The van der Waals surface area contributed by atoms with Crippen LogP contribution in [0.2, 0.25) is 0 Å². The van der Waals surface area contributed by atoms with E-state index in [1.54, 1.807) is 12.3 Å². The van der Waals surface area contributed by atoms with E-state index in [0.717, 1.165) is 37.7 Å². The number of ether oxygens (including phenoxy) is 1. The van der Waals surface area contributed by atoms with Gasteiger partial charge in [-0.2, -0.15) is 18.4 Å². The molecule has 0 aliphatic carbocycles. The van der Waals surface area contributed by atoms with Crippen molar-refractivity contribution in [1.82, 2.24) is 9.97 Å². The summed E-state index contributed by atoms with van der Waals surface area (Å²) in [4.78, 5) is 9.68. The molecule has 1 saturated heterocycles. The Bertz CT molecular complexity index is 796. The molecule has 2 aromatic heterocycles. The van der Waals surface area contributed by atoms with Crippen LogP contribution >= 0.6 is 0 Å². The summed E-state index contributed by atoms with van der Waals surface area (Å²) in [6.07, 6.45) is -1.25. The standard InChI is InChI=1S/C18H17F3N4O/c19-18(20,21)16-4-1-5-17(24-16)26-12-13-6-9-25(10-7-13)15-3-2-8-23-14(15)11-22/h1-5,8,13H,6-7,9-10,12H2. The van der Waals surface area contributed by atoms with E-state index in [0.29, 0.717) is 12.3 Å². The van der Waals surface area contributed by atoms with Crippen LogP contribution in [0.5, 0.6) is 5.88 Å². The molecule has 136 valence electrons. The summed E-state index contributed by atoms with van der Waals surface area (Å²) in [6, 6.07) is 9.40. The topological polar surface area (TPSA) is 62.0 Å². The van der Waals surface area contributed by atoms with Crippen LogP contribution in [-0.4, -0.2) is 29.7 Å². The molecule has 0 N–H and O–H groups in total. The summed E-state index contributed by atoms with van der Waals surface area (Å²) in [5.41, 5.74) is 0.259. The van der Waals surface area contributed by atoms with Gasteiger partial charge in [0.1, 0.15) is 11.8 Å². The van der Waals surface area contributed by atoms with Crippen LogP contribution < -0.4 is 9.64 Å². The highest BCUT2D eigenvalue weighted by Crippen LogP contribution is 2.29. The van der Waals surface area contributed by atoms with Gasteiger partial charge in [-0.25, -0.2) is 9.97 Å². The Labute approximate surface area is 149 Å². The highest BCUT2D eigenvalue weighted by molar-refractivity contribution is 5.55. The highest BCUT2D eigenvalue weighted by Gasteiger charge is 2.32. The Balaban J connectivity index is 1.54. The molecule has 2 aromatic rings. The van der Waals surface area contributed by atoms with Crippen molar-refractivity contribution in [3.8, 4) is 11.9 Å². The van der Waals surface area contributed by atoms with Gasteiger partial charge in [-0.1, -0.05) is 6.07 Å². The monoisotopic (exact) mass is 362 g/mol. The van der Waals surface area contributed by atoms with Gasteiger partial charge in [0.25, 0.3) is 0 Å². The Morgan fingerprint density at radius 1 is 1.19 bits per heavy atom. The quantitative estimate of drug-likeness (QED) is 0.831. The molecule has 0 amide bonds. The predicted molar refractivity (Wildman–Crippen MR) is 88.6 cm³/mol. The van der Waals surface area contributed by atoms with Crippen molar-refractivity contribution < 1.29 is 17.9 Å². The number of halogens is 3.